The molecule has 3 aromatic heterocycles. The first kappa shape index (κ1) is 10.9. The lowest BCUT2D eigenvalue weighted by Gasteiger charge is -2.43. The molecule has 8 heteroatoms. The highest BCUT2D eigenvalue weighted by molar-refractivity contribution is 6.01. The summed E-state index contributed by atoms with van der Waals surface area (Å²) in [5.74, 6) is -10.9. The number of carbonyl (C=O) groups excluding carboxylic acids is 2. The van der Waals surface area contributed by atoms with Crippen LogP contribution in [0.2, 0.25) is 0 Å². The van der Waals surface area contributed by atoms with Gasteiger partial charge in [-0.1, -0.05) is 26.6 Å². The van der Waals surface area contributed by atoms with Crippen LogP contribution in [0.5, 0.6) is 0 Å². The van der Waals surface area contributed by atoms with Gasteiger partial charge in [-0.2, -0.15) is 4.98 Å². The molecular weight excluding hydrogens is 466 g/mol. The van der Waals surface area contributed by atoms with Crippen molar-refractivity contribution < 1.29 is 41.7 Å². The Labute approximate surface area is 246 Å². The number of Topliss-reactive ketones (excluding diaryl/α,β-unsaturated/α-hetero) is 1. The van der Waals surface area contributed by atoms with Crippen molar-refractivity contribution >= 4 is 17.5 Å². The molecule has 3 aromatic rings. The van der Waals surface area contributed by atoms with E-state index in [0.717, 1.165) is 12.1 Å². The number of ketones is 1. The number of pyridine rings is 1. The maximum absolute atomic E-state index is 14.3. The van der Waals surface area contributed by atoms with Crippen molar-refractivity contribution in [2.45, 2.75) is 97.1 Å². The number of hydrogen-bond donors (Lipinski definition) is 0. The number of nitrogens with zero attached hydrogens (tertiary/aromatic N) is 5. The fourth-order valence-corrected chi connectivity index (χ4v) is 4.06. The Morgan fingerprint density at radius 2 is 1.95 bits per heavy atom. The number of hydrogen-bond acceptors (Lipinski definition) is 7. The number of cyclic esters (lactones) is 1. The zero-order valence-electron chi connectivity index (χ0n) is 40.0. The van der Waals surface area contributed by atoms with Crippen LogP contribution in [0.4, 0.5) is 0 Å². The maximum atomic E-state index is 14.3. The van der Waals surface area contributed by atoms with Crippen molar-refractivity contribution in [3.05, 3.63) is 52.3 Å². The molecule has 0 spiro atoms. The maximum Gasteiger partial charge on any atom is 0.317 e. The lowest BCUT2D eigenvalue weighted by Crippen LogP contribution is -2.52. The summed E-state index contributed by atoms with van der Waals surface area (Å²) in [7, 11) is 0. The normalized spacial score (nSPS) is 38.4. The monoisotopic (exact) mass is 523 g/mol. The molecule has 2 atom stereocenters. The SMILES string of the molecule is [2H]c1c(C([2H])([2H])[2H])nc2nc(CC3C(=O)C[C@](C([2H])([2H])C([2H])([2H])c4cc(CC)nc(CC)c4)(C4([2H])C([2H])([2H])C([2H])([2H])C([2H])([2H])C4([2H])[2H])OC3=O)nn2c1C([2H])([2H])[2H]. The average Bonchev–Trinajstić information content (AvgIpc) is 3.50. The van der Waals surface area contributed by atoms with Crippen LogP contribution in [-0.4, -0.2) is 41.9 Å². The number of rotatable bonds is 8. The topological polar surface area (TPSA) is 99.3 Å². The van der Waals surface area contributed by atoms with Gasteiger partial charge in [-0.25, -0.2) is 9.50 Å². The molecule has 0 bridgehead atoms. The molecule has 0 N–H and O–H groups in total. The Morgan fingerprint density at radius 1 is 1.19 bits per heavy atom. The second-order valence-corrected chi connectivity index (χ2v) is 8.49. The van der Waals surface area contributed by atoms with E-state index in [1.807, 2.05) is 0 Å². The molecule has 196 valence electrons. The Bertz CT molecular complexity index is 2080. The minimum absolute atomic E-state index is 0.204. The molecule has 1 saturated carbocycles. The lowest BCUT2D eigenvalue weighted by molar-refractivity contribution is -0.185. The Balaban J connectivity index is 1.73. The molecule has 2 fully saturated rings. The fraction of sp³-hybridized carbons (Fsp3) is 0.586. The summed E-state index contributed by atoms with van der Waals surface area (Å²) < 4.78 is 176. The van der Waals surface area contributed by atoms with Crippen LogP contribution in [0.1, 0.15) is 114 Å². The van der Waals surface area contributed by atoms with Gasteiger partial charge in [-0.3, -0.25) is 14.6 Å². The van der Waals surface area contributed by atoms with Crippen molar-refractivity contribution in [3.63, 3.8) is 0 Å². The zero-order valence-corrected chi connectivity index (χ0v) is 20.0. The van der Waals surface area contributed by atoms with Gasteiger partial charge in [0.25, 0.3) is 5.78 Å². The van der Waals surface area contributed by atoms with Crippen LogP contribution in [-0.2, 0) is 40.0 Å². The summed E-state index contributed by atoms with van der Waals surface area (Å²) in [6, 6.07) is 1.23. The summed E-state index contributed by atoms with van der Waals surface area (Å²) in [6.45, 7) is -2.96. The molecule has 2 aliphatic rings. The van der Waals surface area contributed by atoms with Crippen molar-refractivity contribution in [2.75, 3.05) is 0 Å². The average molecular weight is 524 g/mol. The van der Waals surface area contributed by atoms with Gasteiger partial charge in [0.1, 0.15) is 11.5 Å². The van der Waals surface area contributed by atoms with Crippen LogP contribution in [0, 0.1) is 25.5 Å². The molecule has 5 rings (SSSR count). The summed E-state index contributed by atoms with van der Waals surface area (Å²) in [5.41, 5.74) is -5.89. The van der Waals surface area contributed by atoms with Crippen molar-refractivity contribution in [1.82, 2.24) is 24.6 Å². The van der Waals surface area contributed by atoms with E-state index in [4.69, 9.17) is 28.0 Å². The molecule has 8 nitrogen and oxygen atoms in total. The second-order valence-electron chi connectivity index (χ2n) is 8.49. The van der Waals surface area contributed by atoms with Gasteiger partial charge < -0.3 is 4.74 Å². The van der Waals surface area contributed by atoms with Gasteiger partial charge in [0, 0.05) is 61.7 Å². The first-order valence-corrected chi connectivity index (χ1v) is 11.6. The second kappa shape index (κ2) is 10.3. The van der Waals surface area contributed by atoms with Crippen LogP contribution >= 0.6 is 0 Å². The Morgan fingerprint density at radius 3 is 2.59 bits per heavy atom. The molecule has 0 aromatic carbocycles. The number of aryl methyl sites for hydroxylation is 5. The number of ether oxygens (including phenoxy) is 1. The fourth-order valence-electron chi connectivity index (χ4n) is 4.06. The number of fused-ring (bicyclic) bond motifs is 1. The summed E-state index contributed by atoms with van der Waals surface area (Å²) in [5, 5.41) is 3.92. The first-order valence-electron chi connectivity index (χ1n) is 21.6. The highest BCUT2D eigenvalue weighted by Crippen LogP contribution is 2.45. The van der Waals surface area contributed by atoms with Crippen molar-refractivity contribution in [2.24, 2.45) is 11.8 Å². The van der Waals surface area contributed by atoms with E-state index in [0.29, 0.717) is 4.52 Å². The summed E-state index contributed by atoms with van der Waals surface area (Å²) in [4.78, 5) is 40.4. The molecule has 37 heavy (non-hydrogen) atoms. The van der Waals surface area contributed by atoms with Crippen LogP contribution in [0.25, 0.3) is 5.78 Å². The minimum atomic E-state index is -4.27. The predicted molar refractivity (Wildman–Crippen MR) is 139 cm³/mol. The third kappa shape index (κ3) is 5.15. The highest BCUT2D eigenvalue weighted by atomic mass is 16.6. The molecule has 0 radical (unpaired) electrons. The van der Waals surface area contributed by atoms with Gasteiger partial charge in [0.15, 0.2) is 11.6 Å². The van der Waals surface area contributed by atoms with E-state index in [1.165, 1.54) is 0 Å². The van der Waals surface area contributed by atoms with Gasteiger partial charge in [-0.05, 0) is 81.7 Å². The van der Waals surface area contributed by atoms with Crippen molar-refractivity contribution in [1.29, 1.82) is 0 Å². The molecule has 1 saturated heterocycles. The number of carbonyl (C=O) groups is 2. The minimum Gasteiger partial charge on any atom is -0.458 e. The van der Waals surface area contributed by atoms with Crippen LogP contribution < -0.4 is 0 Å². The van der Waals surface area contributed by atoms with Gasteiger partial charge in [0.05, 0.1) is 1.37 Å². The van der Waals surface area contributed by atoms with Crippen molar-refractivity contribution in [3.8, 4) is 0 Å². The number of aromatic nitrogens is 5. The molecule has 4 heterocycles. The molecule has 0 amide bonds. The number of esters is 1. The molecule has 1 aliphatic heterocycles. The van der Waals surface area contributed by atoms with E-state index in [2.05, 4.69) is 20.1 Å². The Kier molecular flexibility index (Phi) is 3.04. The van der Waals surface area contributed by atoms with Gasteiger partial charge >= 0.3 is 5.97 Å². The first-order chi connectivity index (χ1) is 25.6. The lowest BCUT2D eigenvalue weighted by atomic mass is 9.73. The largest absolute Gasteiger partial charge is 0.458 e. The quantitative estimate of drug-likeness (QED) is 0.317. The smallest absolute Gasteiger partial charge is 0.317 e. The van der Waals surface area contributed by atoms with E-state index in [-0.39, 0.29) is 24.2 Å². The molecule has 1 unspecified atom stereocenters. The highest BCUT2D eigenvalue weighted by Gasteiger charge is 2.51. The summed E-state index contributed by atoms with van der Waals surface area (Å²) in [6.07, 6.45) is -26.2. The Hall–Kier alpha value is -3.16. The van der Waals surface area contributed by atoms with E-state index < -0.39 is 129 Å². The van der Waals surface area contributed by atoms with Gasteiger partial charge in [0.2, 0.25) is 0 Å². The third-order valence-corrected chi connectivity index (χ3v) is 5.96. The standard InChI is InChI=1S/C29H37N5O3/c1-5-22-14-20(15-23(6-2)31-22)11-12-29(21-9-7-8-10-21)17-25(35)24(27(36)37-29)16-26-32-28-30-18(3)13-19(4)34(28)33-26/h13-15,21,24H,5-12,16-17H2,1-4H3/t24?,29-/m1/s1/i3D3,4D3,7D2,8D2,9D2,10D2,11D2,12D2,13D,21D. The zero-order chi connectivity index (χ0) is 43.7. The molecule has 1 aliphatic carbocycles. The third-order valence-electron chi connectivity index (χ3n) is 5.96. The van der Waals surface area contributed by atoms with Crippen LogP contribution in [0.3, 0.4) is 0 Å². The van der Waals surface area contributed by atoms with Gasteiger partial charge in [-0.15, -0.1) is 5.10 Å². The van der Waals surface area contributed by atoms with E-state index in [9.17, 15) is 13.7 Å². The molecular formula is C29H37N5O3. The summed E-state index contributed by atoms with van der Waals surface area (Å²) >= 11 is 0. The van der Waals surface area contributed by atoms with E-state index >= 15 is 0 Å². The van der Waals surface area contributed by atoms with Crippen LogP contribution in [0.15, 0.2) is 18.2 Å². The van der Waals surface area contributed by atoms with E-state index in [1.54, 1.807) is 13.8 Å². The predicted octanol–water partition coefficient (Wildman–Crippen LogP) is 4.50.